The van der Waals surface area contributed by atoms with Crippen LogP contribution in [0.25, 0.3) is 0 Å². The molecule has 7 nitrogen and oxygen atoms in total. The molecule has 0 unspecified atom stereocenters. The van der Waals surface area contributed by atoms with Gasteiger partial charge in [0.25, 0.3) is 5.91 Å². The molecule has 1 saturated carbocycles. The number of pyridine rings is 2. The Bertz CT molecular complexity index is 1050. The monoisotopic (exact) mass is 373 g/mol. The molecule has 0 spiro atoms. The highest BCUT2D eigenvalue weighted by molar-refractivity contribution is 6.11. The van der Waals surface area contributed by atoms with Gasteiger partial charge in [0.05, 0.1) is 11.3 Å². The summed E-state index contributed by atoms with van der Waals surface area (Å²) in [7, 11) is 0. The number of benzene rings is 1. The number of rotatable bonds is 4. The molecule has 1 aliphatic heterocycles. The maximum absolute atomic E-state index is 12.9. The fourth-order valence-corrected chi connectivity index (χ4v) is 3.38. The van der Waals surface area contributed by atoms with E-state index >= 15 is 0 Å². The van der Waals surface area contributed by atoms with Gasteiger partial charge in [0.1, 0.15) is 18.2 Å². The molecule has 0 atom stereocenters. The number of ether oxygens (including phenoxy) is 1. The van der Waals surface area contributed by atoms with Crippen molar-refractivity contribution >= 4 is 28.9 Å². The lowest BCUT2D eigenvalue weighted by Crippen LogP contribution is -2.22. The lowest BCUT2D eigenvalue weighted by atomic mass is 10.2. The number of nitrogens with zero attached hydrogens (tertiary/aromatic N) is 3. The lowest BCUT2D eigenvalue weighted by Gasteiger charge is -2.24. The number of carbonyl (C=O) groups excluding carboxylic acids is 1. The Labute approximate surface area is 162 Å². The number of hydrogen-bond donors (Lipinski definition) is 2. The van der Waals surface area contributed by atoms with Gasteiger partial charge in [-0.05, 0) is 55.3 Å². The Morgan fingerprint density at radius 1 is 1.07 bits per heavy atom. The minimum absolute atomic E-state index is 0.186. The summed E-state index contributed by atoms with van der Waals surface area (Å²) in [6.45, 7) is 0.303. The van der Waals surface area contributed by atoms with Crippen LogP contribution in [0.5, 0.6) is 5.75 Å². The number of aromatic nitrogens is 2. The van der Waals surface area contributed by atoms with Crippen molar-refractivity contribution in [2.45, 2.75) is 25.5 Å². The van der Waals surface area contributed by atoms with Gasteiger partial charge in [0, 0.05) is 29.7 Å². The molecule has 3 aromatic rings. The second-order valence-corrected chi connectivity index (χ2v) is 6.96. The van der Waals surface area contributed by atoms with Gasteiger partial charge in [-0.15, -0.1) is 0 Å². The fourth-order valence-electron chi connectivity index (χ4n) is 3.38. The average Bonchev–Trinajstić information content (AvgIpc) is 3.55. The highest BCUT2D eigenvalue weighted by Crippen LogP contribution is 2.43. The second kappa shape index (κ2) is 6.53. The van der Waals surface area contributed by atoms with Gasteiger partial charge in [-0.1, -0.05) is 0 Å². The molecule has 28 heavy (non-hydrogen) atoms. The third-order valence-electron chi connectivity index (χ3n) is 4.93. The van der Waals surface area contributed by atoms with Crippen LogP contribution in [0.3, 0.4) is 0 Å². The number of amides is 1. The number of fused-ring (bicyclic) bond motifs is 2. The molecular weight excluding hydrogens is 354 g/mol. The van der Waals surface area contributed by atoms with Crippen LogP contribution in [0.1, 0.15) is 28.8 Å². The SMILES string of the molecule is Nc1ccc(OCc2ccnc3c2NC(=O)c2cccnc2N3C2CC2)cc1. The summed E-state index contributed by atoms with van der Waals surface area (Å²) in [4.78, 5) is 24.0. The molecule has 2 aromatic heterocycles. The van der Waals surface area contributed by atoms with Crippen LogP contribution in [-0.2, 0) is 6.61 Å². The van der Waals surface area contributed by atoms with Crippen LogP contribution in [0.15, 0.2) is 54.9 Å². The van der Waals surface area contributed by atoms with E-state index in [1.807, 2.05) is 18.2 Å². The molecule has 1 aliphatic carbocycles. The summed E-state index contributed by atoms with van der Waals surface area (Å²) in [6, 6.07) is 13.0. The molecule has 0 saturated heterocycles. The number of nitrogens with one attached hydrogen (secondary N) is 1. The zero-order valence-electron chi connectivity index (χ0n) is 15.1. The van der Waals surface area contributed by atoms with Crippen molar-refractivity contribution in [3.8, 4) is 5.75 Å². The third kappa shape index (κ3) is 2.90. The first-order valence-electron chi connectivity index (χ1n) is 9.22. The molecule has 1 amide bonds. The quantitative estimate of drug-likeness (QED) is 0.680. The van der Waals surface area contributed by atoms with Crippen LogP contribution in [0.4, 0.5) is 23.0 Å². The average molecular weight is 373 g/mol. The van der Waals surface area contributed by atoms with E-state index in [0.717, 1.165) is 18.4 Å². The summed E-state index contributed by atoms with van der Waals surface area (Å²) in [6.07, 6.45) is 5.56. The van der Waals surface area contributed by atoms with Crippen molar-refractivity contribution in [2.75, 3.05) is 16.0 Å². The minimum atomic E-state index is -0.186. The predicted molar refractivity (Wildman–Crippen MR) is 107 cm³/mol. The molecule has 1 fully saturated rings. The number of anilines is 4. The Kier molecular flexibility index (Phi) is 3.86. The molecule has 2 aliphatic rings. The number of nitrogens with two attached hydrogens (primary N) is 1. The first-order valence-corrected chi connectivity index (χ1v) is 9.22. The highest BCUT2D eigenvalue weighted by atomic mass is 16.5. The Balaban J connectivity index is 1.53. The van der Waals surface area contributed by atoms with Crippen LogP contribution in [-0.4, -0.2) is 21.9 Å². The predicted octanol–water partition coefficient (Wildman–Crippen LogP) is 3.50. The number of carbonyl (C=O) groups is 1. The Morgan fingerprint density at radius 2 is 1.86 bits per heavy atom. The topological polar surface area (TPSA) is 93.4 Å². The summed E-state index contributed by atoms with van der Waals surface area (Å²) in [5.41, 5.74) is 8.49. The Morgan fingerprint density at radius 3 is 2.64 bits per heavy atom. The second-order valence-electron chi connectivity index (χ2n) is 6.96. The molecule has 3 heterocycles. The van der Waals surface area contributed by atoms with Crippen molar-refractivity contribution < 1.29 is 9.53 Å². The van der Waals surface area contributed by atoms with Crippen LogP contribution >= 0.6 is 0 Å². The van der Waals surface area contributed by atoms with Gasteiger partial charge in [-0.3, -0.25) is 4.79 Å². The lowest BCUT2D eigenvalue weighted by molar-refractivity contribution is 0.102. The number of nitrogen functional groups attached to an aromatic ring is 1. The molecule has 5 rings (SSSR count). The fraction of sp³-hybridized carbons (Fsp3) is 0.190. The van der Waals surface area contributed by atoms with Crippen LogP contribution in [0.2, 0.25) is 0 Å². The summed E-state index contributed by atoms with van der Waals surface area (Å²) < 4.78 is 5.91. The van der Waals surface area contributed by atoms with E-state index in [9.17, 15) is 4.79 Å². The van der Waals surface area contributed by atoms with Crippen molar-refractivity contribution in [2.24, 2.45) is 0 Å². The number of hydrogen-bond acceptors (Lipinski definition) is 6. The van der Waals surface area contributed by atoms with Crippen molar-refractivity contribution in [3.05, 3.63) is 66.0 Å². The van der Waals surface area contributed by atoms with Gasteiger partial charge in [0.15, 0.2) is 5.82 Å². The van der Waals surface area contributed by atoms with Gasteiger partial charge in [-0.2, -0.15) is 0 Å². The zero-order valence-corrected chi connectivity index (χ0v) is 15.1. The highest BCUT2D eigenvalue weighted by Gasteiger charge is 2.38. The third-order valence-corrected chi connectivity index (χ3v) is 4.93. The van der Waals surface area contributed by atoms with Gasteiger partial charge in [0.2, 0.25) is 0 Å². The van der Waals surface area contributed by atoms with E-state index in [4.69, 9.17) is 10.5 Å². The van der Waals surface area contributed by atoms with Crippen molar-refractivity contribution in [3.63, 3.8) is 0 Å². The standard InChI is InChI=1S/C21H19N5O2/c22-14-3-7-16(8-4-14)28-12-13-9-11-24-20-18(13)25-21(27)17-2-1-10-23-19(17)26(20)15-5-6-15/h1-4,7-11,15H,5-6,12,22H2,(H,25,27). The molecule has 0 radical (unpaired) electrons. The largest absolute Gasteiger partial charge is 0.489 e. The van der Waals surface area contributed by atoms with Gasteiger partial charge < -0.3 is 20.7 Å². The van der Waals surface area contributed by atoms with Crippen molar-refractivity contribution in [1.29, 1.82) is 0 Å². The molecule has 140 valence electrons. The molecule has 1 aromatic carbocycles. The van der Waals surface area contributed by atoms with Crippen molar-refractivity contribution in [1.82, 2.24) is 9.97 Å². The maximum Gasteiger partial charge on any atom is 0.259 e. The first kappa shape index (κ1) is 16.6. The van der Waals surface area contributed by atoms with E-state index in [2.05, 4.69) is 20.2 Å². The summed E-state index contributed by atoms with van der Waals surface area (Å²) in [5.74, 6) is 1.90. The Hall–Kier alpha value is -3.61. The van der Waals surface area contributed by atoms with E-state index in [-0.39, 0.29) is 5.91 Å². The molecule has 0 bridgehead atoms. The van der Waals surface area contributed by atoms with E-state index < -0.39 is 0 Å². The normalized spacial score (nSPS) is 15.3. The van der Waals surface area contributed by atoms with Crippen LogP contribution < -0.4 is 20.7 Å². The van der Waals surface area contributed by atoms with Gasteiger partial charge in [-0.25, -0.2) is 9.97 Å². The maximum atomic E-state index is 12.9. The van der Waals surface area contributed by atoms with Crippen LogP contribution in [0, 0.1) is 0 Å². The minimum Gasteiger partial charge on any atom is -0.489 e. The first-order chi connectivity index (χ1) is 13.7. The molecule has 7 heteroatoms. The van der Waals surface area contributed by atoms with E-state index in [1.54, 1.807) is 36.7 Å². The molecule has 3 N–H and O–H groups in total. The summed E-state index contributed by atoms with van der Waals surface area (Å²) >= 11 is 0. The zero-order chi connectivity index (χ0) is 19.1. The summed E-state index contributed by atoms with van der Waals surface area (Å²) in [5, 5.41) is 3.02. The van der Waals surface area contributed by atoms with Gasteiger partial charge >= 0.3 is 0 Å². The molecular formula is C21H19N5O2. The van der Waals surface area contributed by atoms with E-state index in [1.165, 1.54) is 0 Å². The smallest absolute Gasteiger partial charge is 0.259 e. The van der Waals surface area contributed by atoms with E-state index in [0.29, 0.717) is 47.0 Å².